The minimum absolute atomic E-state index is 0.0711. The standard InChI is InChI=1S/C19H20FNO4/c1-13-8-14(2)10-17(9-13)24-6-7-25-18(22)12-21-19(23)15-4-3-5-16(20)11-15/h3-5,8-11H,6-7,12H2,1-2H3,(H,21,23). The predicted molar refractivity (Wildman–Crippen MR) is 91.1 cm³/mol. The van der Waals surface area contributed by atoms with Gasteiger partial charge in [0.15, 0.2) is 0 Å². The van der Waals surface area contributed by atoms with Crippen molar-refractivity contribution in [1.82, 2.24) is 5.32 Å². The maximum Gasteiger partial charge on any atom is 0.325 e. The van der Waals surface area contributed by atoms with Gasteiger partial charge in [-0.05, 0) is 55.3 Å². The Kier molecular flexibility index (Phi) is 6.51. The Morgan fingerprint density at radius 2 is 1.76 bits per heavy atom. The number of ether oxygens (including phenoxy) is 2. The molecule has 0 radical (unpaired) electrons. The van der Waals surface area contributed by atoms with Crippen molar-refractivity contribution in [1.29, 1.82) is 0 Å². The summed E-state index contributed by atoms with van der Waals surface area (Å²) in [6.07, 6.45) is 0. The first-order valence-corrected chi connectivity index (χ1v) is 7.84. The van der Waals surface area contributed by atoms with Crippen molar-refractivity contribution in [2.75, 3.05) is 19.8 Å². The normalized spacial score (nSPS) is 10.2. The van der Waals surface area contributed by atoms with E-state index in [0.29, 0.717) is 5.75 Å². The molecular formula is C19H20FNO4. The highest BCUT2D eigenvalue weighted by molar-refractivity contribution is 5.95. The van der Waals surface area contributed by atoms with Crippen LogP contribution >= 0.6 is 0 Å². The lowest BCUT2D eigenvalue weighted by Gasteiger charge is -2.09. The van der Waals surface area contributed by atoms with Crippen LogP contribution in [0.25, 0.3) is 0 Å². The molecule has 0 aromatic heterocycles. The molecule has 0 bridgehead atoms. The molecule has 5 nitrogen and oxygen atoms in total. The van der Waals surface area contributed by atoms with Gasteiger partial charge in [-0.2, -0.15) is 0 Å². The largest absolute Gasteiger partial charge is 0.490 e. The van der Waals surface area contributed by atoms with Crippen LogP contribution in [-0.4, -0.2) is 31.6 Å². The fourth-order valence-electron chi connectivity index (χ4n) is 2.27. The molecule has 0 saturated carbocycles. The Labute approximate surface area is 145 Å². The average Bonchev–Trinajstić information content (AvgIpc) is 2.55. The van der Waals surface area contributed by atoms with Crippen molar-refractivity contribution in [3.63, 3.8) is 0 Å². The summed E-state index contributed by atoms with van der Waals surface area (Å²) in [5.41, 5.74) is 2.32. The lowest BCUT2D eigenvalue weighted by Crippen LogP contribution is -2.31. The molecule has 0 fully saturated rings. The van der Waals surface area contributed by atoms with Crippen LogP contribution in [0, 0.1) is 19.7 Å². The number of benzene rings is 2. The Hall–Kier alpha value is -2.89. The number of hydrogen-bond acceptors (Lipinski definition) is 4. The molecule has 6 heteroatoms. The molecule has 0 aliphatic carbocycles. The van der Waals surface area contributed by atoms with Crippen molar-refractivity contribution in [3.8, 4) is 5.75 Å². The maximum atomic E-state index is 13.0. The van der Waals surface area contributed by atoms with Crippen molar-refractivity contribution < 1.29 is 23.5 Å². The number of rotatable bonds is 7. The quantitative estimate of drug-likeness (QED) is 0.619. The lowest BCUT2D eigenvalue weighted by atomic mass is 10.1. The van der Waals surface area contributed by atoms with Crippen molar-refractivity contribution in [2.24, 2.45) is 0 Å². The summed E-state index contributed by atoms with van der Waals surface area (Å²) in [5.74, 6) is -0.927. The van der Waals surface area contributed by atoms with Crippen molar-refractivity contribution in [3.05, 3.63) is 65.0 Å². The minimum Gasteiger partial charge on any atom is -0.490 e. The molecule has 0 heterocycles. The number of carbonyl (C=O) groups excluding carboxylic acids is 2. The zero-order valence-corrected chi connectivity index (χ0v) is 14.2. The highest BCUT2D eigenvalue weighted by Crippen LogP contribution is 2.15. The molecule has 1 N–H and O–H groups in total. The van der Waals surface area contributed by atoms with E-state index in [1.807, 2.05) is 32.0 Å². The van der Waals surface area contributed by atoms with Gasteiger partial charge >= 0.3 is 5.97 Å². The zero-order chi connectivity index (χ0) is 18.2. The molecule has 2 aromatic rings. The van der Waals surface area contributed by atoms with Gasteiger partial charge in [-0.15, -0.1) is 0 Å². The van der Waals surface area contributed by atoms with E-state index in [1.165, 1.54) is 18.2 Å². The second-order valence-corrected chi connectivity index (χ2v) is 5.59. The summed E-state index contributed by atoms with van der Waals surface area (Å²) < 4.78 is 23.5. The van der Waals surface area contributed by atoms with Gasteiger partial charge in [0.05, 0.1) is 0 Å². The number of aryl methyl sites for hydroxylation is 2. The summed E-state index contributed by atoms with van der Waals surface area (Å²) in [4.78, 5) is 23.4. The molecule has 2 rings (SSSR count). The molecular weight excluding hydrogens is 325 g/mol. The van der Waals surface area contributed by atoms with Crippen LogP contribution in [0.3, 0.4) is 0 Å². The summed E-state index contributed by atoms with van der Waals surface area (Å²) in [5, 5.41) is 2.38. The highest BCUT2D eigenvalue weighted by Gasteiger charge is 2.09. The average molecular weight is 345 g/mol. The minimum atomic E-state index is -0.589. The van der Waals surface area contributed by atoms with E-state index in [9.17, 15) is 14.0 Å². The molecule has 0 aliphatic rings. The molecule has 0 saturated heterocycles. The number of halogens is 1. The topological polar surface area (TPSA) is 64.6 Å². The van der Waals surface area contributed by atoms with E-state index in [-0.39, 0.29) is 25.3 Å². The maximum absolute atomic E-state index is 13.0. The van der Waals surface area contributed by atoms with Crippen molar-refractivity contribution in [2.45, 2.75) is 13.8 Å². The summed E-state index contributed by atoms with van der Waals surface area (Å²) in [7, 11) is 0. The second kappa shape index (κ2) is 8.82. The molecule has 0 atom stereocenters. The van der Waals surface area contributed by atoms with Gasteiger partial charge < -0.3 is 14.8 Å². The Bertz CT molecular complexity index is 741. The lowest BCUT2D eigenvalue weighted by molar-refractivity contribution is -0.143. The first-order chi connectivity index (χ1) is 11.9. The number of nitrogens with one attached hydrogen (secondary N) is 1. The van der Waals surface area contributed by atoms with E-state index >= 15 is 0 Å². The molecule has 0 unspecified atom stereocenters. The van der Waals surface area contributed by atoms with Crippen LogP contribution in [0.2, 0.25) is 0 Å². The molecule has 25 heavy (non-hydrogen) atoms. The third-order valence-electron chi connectivity index (χ3n) is 3.29. The monoisotopic (exact) mass is 345 g/mol. The van der Waals surface area contributed by atoms with Gasteiger partial charge in [0.1, 0.15) is 31.3 Å². The van der Waals surface area contributed by atoms with Gasteiger partial charge in [0, 0.05) is 5.56 Å². The predicted octanol–water partition coefficient (Wildman–Crippen LogP) is 2.79. The van der Waals surface area contributed by atoms with Gasteiger partial charge in [-0.3, -0.25) is 9.59 Å². The Morgan fingerprint density at radius 3 is 2.44 bits per heavy atom. The van der Waals surface area contributed by atoms with E-state index < -0.39 is 17.7 Å². The summed E-state index contributed by atoms with van der Waals surface area (Å²) >= 11 is 0. The van der Waals surface area contributed by atoms with Crippen LogP contribution in [0.5, 0.6) is 5.75 Å². The van der Waals surface area contributed by atoms with E-state index in [4.69, 9.17) is 9.47 Å². The van der Waals surface area contributed by atoms with E-state index in [1.54, 1.807) is 0 Å². The Morgan fingerprint density at radius 1 is 1.04 bits per heavy atom. The summed E-state index contributed by atoms with van der Waals surface area (Å²) in [6.45, 7) is 3.94. The number of amides is 1. The van der Waals surface area contributed by atoms with Crippen LogP contribution in [0.4, 0.5) is 4.39 Å². The van der Waals surface area contributed by atoms with Crippen LogP contribution < -0.4 is 10.1 Å². The number of esters is 1. The third kappa shape index (κ3) is 6.25. The van der Waals surface area contributed by atoms with Gasteiger partial charge in [-0.1, -0.05) is 12.1 Å². The first-order valence-electron chi connectivity index (χ1n) is 7.84. The molecule has 0 spiro atoms. The Balaban J connectivity index is 1.68. The van der Waals surface area contributed by atoms with Gasteiger partial charge in [-0.25, -0.2) is 4.39 Å². The second-order valence-electron chi connectivity index (χ2n) is 5.59. The van der Waals surface area contributed by atoms with E-state index in [0.717, 1.165) is 17.2 Å². The fourth-order valence-corrected chi connectivity index (χ4v) is 2.27. The number of hydrogen-bond donors (Lipinski definition) is 1. The molecule has 132 valence electrons. The number of carbonyl (C=O) groups is 2. The van der Waals surface area contributed by atoms with Crippen LogP contribution in [0.1, 0.15) is 21.5 Å². The third-order valence-corrected chi connectivity index (χ3v) is 3.29. The zero-order valence-electron chi connectivity index (χ0n) is 14.2. The molecule has 0 aliphatic heterocycles. The summed E-state index contributed by atoms with van der Waals surface area (Å²) in [6, 6.07) is 11.0. The highest BCUT2D eigenvalue weighted by atomic mass is 19.1. The fraction of sp³-hybridized carbons (Fsp3) is 0.263. The van der Waals surface area contributed by atoms with Gasteiger partial charge in [0.25, 0.3) is 5.91 Å². The molecule has 2 aromatic carbocycles. The van der Waals surface area contributed by atoms with Crippen molar-refractivity contribution >= 4 is 11.9 Å². The van der Waals surface area contributed by atoms with Crippen LogP contribution in [0.15, 0.2) is 42.5 Å². The smallest absolute Gasteiger partial charge is 0.325 e. The van der Waals surface area contributed by atoms with Gasteiger partial charge in [0.2, 0.25) is 0 Å². The molecule has 1 amide bonds. The SMILES string of the molecule is Cc1cc(C)cc(OCCOC(=O)CNC(=O)c2cccc(F)c2)c1. The van der Waals surface area contributed by atoms with E-state index in [2.05, 4.69) is 5.32 Å². The first kappa shape index (κ1) is 18.4. The van der Waals surface area contributed by atoms with Crippen LogP contribution in [-0.2, 0) is 9.53 Å².